The smallest absolute Gasteiger partial charge is 0.292 e. The topological polar surface area (TPSA) is 119 Å². The number of amides is 2. The molecule has 1 aromatic carbocycles. The zero-order valence-corrected chi connectivity index (χ0v) is 11.8. The summed E-state index contributed by atoms with van der Waals surface area (Å²) in [6.45, 7) is 3.80. The molecular formula is C13H16N4O4. The molecule has 0 unspecified atom stereocenters. The Hall–Kier alpha value is -2.48. The number of piperazine rings is 1. The lowest BCUT2D eigenvalue weighted by Gasteiger charge is -2.40. The van der Waals surface area contributed by atoms with Gasteiger partial charge in [0.05, 0.1) is 17.0 Å². The van der Waals surface area contributed by atoms with Gasteiger partial charge < -0.3 is 5.73 Å². The van der Waals surface area contributed by atoms with Crippen LogP contribution in [0.1, 0.15) is 19.4 Å². The molecule has 0 aliphatic carbocycles. The highest BCUT2D eigenvalue weighted by Gasteiger charge is 2.40. The summed E-state index contributed by atoms with van der Waals surface area (Å²) in [5.41, 5.74) is 5.40. The number of nitrogens with zero attached hydrogens (tertiary/aromatic N) is 2. The summed E-state index contributed by atoms with van der Waals surface area (Å²) in [6.07, 6.45) is 0. The van der Waals surface area contributed by atoms with Gasteiger partial charge in [0.15, 0.2) is 0 Å². The Morgan fingerprint density at radius 1 is 1.43 bits per heavy atom. The molecule has 0 aromatic heterocycles. The highest BCUT2D eigenvalue weighted by molar-refractivity contribution is 6.02. The second-order valence-corrected chi connectivity index (χ2v) is 5.44. The van der Waals surface area contributed by atoms with E-state index >= 15 is 0 Å². The molecule has 2 amide bonds. The minimum absolute atomic E-state index is 0.0584. The van der Waals surface area contributed by atoms with Crippen molar-refractivity contribution in [2.24, 2.45) is 0 Å². The molecule has 1 fully saturated rings. The molecule has 0 bridgehead atoms. The van der Waals surface area contributed by atoms with E-state index in [2.05, 4.69) is 5.32 Å². The predicted octanol–water partition coefficient (Wildman–Crippen LogP) is 0.414. The minimum atomic E-state index is -0.843. The predicted molar refractivity (Wildman–Crippen MR) is 75.1 cm³/mol. The molecule has 1 saturated heterocycles. The van der Waals surface area contributed by atoms with Crippen LogP contribution in [0.15, 0.2) is 18.2 Å². The van der Waals surface area contributed by atoms with Crippen molar-refractivity contribution in [1.29, 1.82) is 0 Å². The van der Waals surface area contributed by atoms with E-state index in [4.69, 9.17) is 5.73 Å². The molecule has 1 aliphatic heterocycles. The van der Waals surface area contributed by atoms with E-state index in [9.17, 15) is 19.7 Å². The first-order valence-corrected chi connectivity index (χ1v) is 6.34. The van der Waals surface area contributed by atoms with E-state index in [-0.39, 0.29) is 29.7 Å². The Morgan fingerprint density at radius 2 is 2.10 bits per heavy atom. The van der Waals surface area contributed by atoms with E-state index in [1.54, 1.807) is 24.8 Å². The molecule has 0 saturated carbocycles. The third kappa shape index (κ3) is 2.84. The summed E-state index contributed by atoms with van der Waals surface area (Å²) < 4.78 is 0. The maximum absolute atomic E-state index is 11.8. The molecule has 1 heterocycles. The molecule has 1 aliphatic rings. The maximum atomic E-state index is 11.8. The molecule has 0 atom stereocenters. The summed E-state index contributed by atoms with van der Waals surface area (Å²) in [5, 5.41) is 13.0. The first-order chi connectivity index (χ1) is 9.71. The normalized spacial score (nSPS) is 18.4. The third-order valence-electron chi connectivity index (χ3n) is 3.60. The third-order valence-corrected chi connectivity index (χ3v) is 3.60. The number of nitrogen functional groups attached to an aromatic ring is 1. The monoisotopic (exact) mass is 292 g/mol. The molecule has 21 heavy (non-hydrogen) atoms. The van der Waals surface area contributed by atoms with Crippen LogP contribution in [-0.4, -0.2) is 33.7 Å². The van der Waals surface area contributed by atoms with Crippen LogP contribution in [0.25, 0.3) is 0 Å². The van der Waals surface area contributed by atoms with E-state index in [0.29, 0.717) is 12.1 Å². The van der Waals surface area contributed by atoms with Crippen molar-refractivity contribution < 1.29 is 14.5 Å². The van der Waals surface area contributed by atoms with Crippen molar-refractivity contribution in [1.82, 2.24) is 10.2 Å². The minimum Gasteiger partial charge on any atom is -0.393 e. The zero-order valence-electron chi connectivity index (χ0n) is 11.8. The van der Waals surface area contributed by atoms with Crippen LogP contribution in [0.2, 0.25) is 0 Å². The number of imide groups is 1. The van der Waals surface area contributed by atoms with Gasteiger partial charge in [-0.3, -0.25) is 29.9 Å². The fourth-order valence-corrected chi connectivity index (χ4v) is 2.18. The Balaban J connectivity index is 2.24. The largest absolute Gasteiger partial charge is 0.393 e. The summed E-state index contributed by atoms with van der Waals surface area (Å²) in [7, 11) is 0. The molecule has 2 rings (SSSR count). The van der Waals surface area contributed by atoms with Crippen LogP contribution in [0.3, 0.4) is 0 Å². The summed E-state index contributed by atoms with van der Waals surface area (Å²) in [5.74, 6) is -0.733. The van der Waals surface area contributed by atoms with E-state index < -0.39 is 10.5 Å². The number of rotatable bonds is 3. The number of benzene rings is 1. The van der Waals surface area contributed by atoms with Crippen molar-refractivity contribution in [2.45, 2.75) is 25.9 Å². The Kier molecular flexibility index (Phi) is 3.65. The Labute approximate surface area is 121 Å². The first-order valence-electron chi connectivity index (χ1n) is 6.34. The van der Waals surface area contributed by atoms with Gasteiger partial charge in [-0.2, -0.15) is 0 Å². The Morgan fingerprint density at radius 3 is 2.67 bits per heavy atom. The quantitative estimate of drug-likeness (QED) is 0.360. The molecule has 0 radical (unpaired) electrons. The second-order valence-electron chi connectivity index (χ2n) is 5.44. The van der Waals surface area contributed by atoms with Crippen LogP contribution in [-0.2, 0) is 16.1 Å². The number of nitro groups is 1. The number of nitrogens with one attached hydrogen (secondary N) is 1. The number of carbonyl (C=O) groups excluding carboxylic acids is 2. The van der Waals surface area contributed by atoms with Gasteiger partial charge in [0.1, 0.15) is 5.69 Å². The average Bonchev–Trinajstić information content (AvgIpc) is 2.35. The van der Waals surface area contributed by atoms with E-state index in [1.807, 2.05) is 0 Å². The molecule has 0 spiro atoms. The lowest BCUT2D eigenvalue weighted by Crippen LogP contribution is -2.63. The number of nitrogens with two attached hydrogens (primary N) is 1. The molecule has 112 valence electrons. The van der Waals surface area contributed by atoms with Gasteiger partial charge in [0, 0.05) is 12.6 Å². The van der Waals surface area contributed by atoms with Crippen molar-refractivity contribution in [3.8, 4) is 0 Å². The SMILES string of the molecule is CC1(C)C(=O)NC(=O)CN1Cc1ccc([N+](=O)[O-])c(N)c1. The summed E-state index contributed by atoms with van der Waals surface area (Å²) >= 11 is 0. The van der Waals surface area contributed by atoms with Gasteiger partial charge in [0.2, 0.25) is 11.8 Å². The standard InChI is InChI=1S/C13H16N4O4/c1-13(2)12(19)15-11(18)7-16(13)6-8-3-4-10(17(20)21)9(14)5-8/h3-5H,6-7,14H2,1-2H3,(H,15,18,19). The first kappa shape index (κ1) is 14.9. The van der Waals surface area contributed by atoms with Crippen molar-refractivity contribution >= 4 is 23.2 Å². The fourth-order valence-electron chi connectivity index (χ4n) is 2.18. The molecular weight excluding hydrogens is 276 g/mol. The van der Waals surface area contributed by atoms with E-state index in [0.717, 1.165) is 0 Å². The van der Waals surface area contributed by atoms with Gasteiger partial charge in [-0.1, -0.05) is 6.07 Å². The second kappa shape index (κ2) is 5.13. The molecule has 1 aromatic rings. The van der Waals surface area contributed by atoms with Gasteiger partial charge in [-0.05, 0) is 25.5 Å². The lowest BCUT2D eigenvalue weighted by molar-refractivity contribution is -0.383. The van der Waals surface area contributed by atoms with Gasteiger partial charge in [0.25, 0.3) is 5.69 Å². The number of anilines is 1. The van der Waals surface area contributed by atoms with Crippen LogP contribution in [0, 0.1) is 10.1 Å². The maximum Gasteiger partial charge on any atom is 0.292 e. The van der Waals surface area contributed by atoms with Crippen LogP contribution >= 0.6 is 0 Å². The average molecular weight is 292 g/mol. The highest BCUT2D eigenvalue weighted by atomic mass is 16.6. The highest BCUT2D eigenvalue weighted by Crippen LogP contribution is 2.25. The molecule has 8 nitrogen and oxygen atoms in total. The molecule has 3 N–H and O–H groups in total. The number of hydrogen-bond donors (Lipinski definition) is 2. The van der Waals surface area contributed by atoms with Gasteiger partial charge in [-0.15, -0.1) is 0 Å². The van der Waals surface area contributed by atoms with Crippen LogP contribution in [0.5, 0.6) is 0 Å². The van der Waals surface area contributed by atoms with Crippen molar-refractivity contribution in [3.63, 3.8) is 0 Å². The van der Waals surface area contributed by atoms with Crippen molar-refractivity contribution in [2.75, 3.05) is 12.3 Å². The van der Waals surface area contributed by atoms with Gasteiger partial charge >= 0.3 is 0 Å². The van der Waals surface area contributed by atoms with Crippen LogP contribution in [0.4, 0.5) is 11.4 Å². The lowest BCUT2D eigenvalue weighted by atomic mass is 9.97. The van der Waals surface area contributed by atoms with Crippen LogP contribution < -0.4 is 11.1 Å². The van der Waals surface area contributed by atoms with Crippen molar-refractivity contribution in [3.05, 3.63) is 33.9 Å². The molecule has 8 heteroatoms. The number of nitro benzene ring substituents is 1. The summed E-state index contributed by atoms with van der Waals surface area (Å²) in [6, 6.07) is 4.39. The van der Waals surface area contributed by atoms with Gasteiger partial charge in [-0.25, -0.2) is 0 Å². The summed E-state index contributed by atoms with van der Waals surface area (Å²) in [4.78, 5) is 35.2. The fraction of sp³-hybridized carbons (Fsp3) is 0.385. The van der Waals surface area contributed by atoms with E-state index in [1.165, 1.54) is 12.1 Å². The zero-order chi connectivity index (χ0) is 15.8. The number of carbonyl (C=O) groups is 2. The Bertz CT molecular complexity index is 627. The number of hydrogen-bond acceptors (Lipinski definition) is 6.